The van der Waals surface area contributed by atoms with Crippen LogP contribution in [-0.4, -0.2) is 18.1 Å². The molecule has 0 rings (SSSR count). The van der Waals surface area contributed by atoms with Gasteiger partial charge in [0.25, 0.3) is 0 Å². The van der Waals surface area contributed by atoms with E-state index in [1.165, 1.54) is 31.4 Å². The summed E-state index contributed by atoms with van der Waals surface area (Å²) in [4.78, 5) is 0. The van der Waals surface area contributed by atoms with Crippen molar-refractivity contribution >= 4 is 11.8 Å². The maximum atomic E-state index is 5.40. The van der Waals surface area contributed by atoms with Gasteiger partial charge >= 0.3 is 0 Å². The number of hydrazine groups is 1. The summed E-state index contributed by atoms with van der Waals surface area (Å²) in [5.41, 5.74) is 2.86. The molecule has 68 valence electrons. The second kappa shape index (κ2) is 8.37. The second-order valence-electron chi connectivity index (χ2n) is 2.79. The molecule has 2 nitrogen and oxygen atoms in total. The van der Waals surface area contributed by atoms with Crippen molar-refractivity contribution in [3.63, 3.8) is 0 Å². The first-order valence-electron chi connectivity index (χ1n) is 4.30. The first kappa shape index (κ1) is 11.3. The van der Waals surface area contributed by atoms with Crippen LogP contribution in [0.5, 0.6) is 0 Å². The molecule has 0 aliphatic heterocycles. The third-order valence-electron chi connectivity index (χ3n) is 1.81. The molecule has 0 saturated carbocycles. The number of thioether (sulfide) groups is 1. The monoisotopic (exact) mass is 176 g/mol. The maximum absolute atomic E-state index is 5.40. The Morgan fingerprint density at radius 3 is 2.64 bits per heavy atom. The van der Waals surface area contributed by atoms with Crippen LogP contribution < -0.4 is 11.3 Å². The molecule has 1 unspecified atom stereocenters. The Morgan fingerprint density at radius 2 is 2.18 bits per heavy atom. The lowest BCUT2D eigenvalue weighted by molar-refractivity contribution is 0.467. The molecule has 11 heavy (non-hydrogen) atoms. The van der Waals surface area contributed by atoms with Gasteiger partial charge in [0.1, 0.15) is 0 Å². The summed E-state index contributed by atoms with van der Waals surface area (Å²) in [6.07, 6.45) is 7.08. The fourth-order valence-corrected chi connectivity index (χ4v) is 1.54. The van der Waals surface area contributed by atoms with Crippen molar-refractivity contribution in [1.82, 2.24) is 5.43 Å². The minimum Gasteiger partial charge on any atom is -0.271 e. The molecule has 0 radical (unpaired) electrons. The van der Waals surface area contributed by atoms with E-state index in [4.69, 9.17) is 5.84 Å². The SMILES string of the molecule is CCCCC(CCSC)NN. The summed E-state index contributed by atoms with van der Waals surface area (Å²) >= 11 is 1.88. The molecule has 0 spiro atoms. The van der Waals surface area contributed by atoms with Gasteiger partial charge in [-0.25, -0.2) is 0 Å². The summed E-state index contributed by atoms with van der Waals surface area (Å²) in [5.74, 6) is 6.60. The van der Waals surface area contributed by atoms with Crippen molar-refractivity contribution in [1.29, 1.82) is 0 Å². The lowest BCUT2D eigenvalue weighted by Gasteiger charge is -2.13. The summed E-state index contributed by atoms with van der Waals surface area (Å²) in [6.45, 7) is 2.21. The Morgan fingerprint density at radius 1 is 1.45 bits per heavy atom. The summed E-state index contributed by atoms with van der Waals surface area (Å²) in [7, 11) is 0. The molecule has 0 aromatic rings. The highest BCUT2D eigenvalue weighted by Gasteiger charge is 2.03. The number of unbranched alkanes of at least 4 members (excludes halogenated alkanes) is 1. The van der Waals surface area contributed by atoms with Gasteiger partial charge in [0.15, 0.2) is 0 Å². The summed E-state index contributed by atoms with van der Waals surface area (Å²) in [6, 6.07) is 0.530. The Hall–Kier alpha value is 0.270. The lowest BCUT2D eigenvalue weighted by atomic mass is 10.1. The predicted octanol–water partition coefficient (Wildman–Crippen LogP) is 1.76. The van der Waals surface area contributed by atoms with E-state index in [-0.39, 0.29) is 0 Å². The third kappa shape index (κ3) is 6.66. The molecular weight excluding hydrogens is 156 g/mol. The van der Waals surface area contributed by atoms with E-state index in [1.807, 2.05) is 11.8 Å². The standard InChI is InChI=1S/C8H20N2S/c1-3-4-5-8(10-9)6-7-11-2/h8,10H,3-7,9H2,1-2H3. The molecule has 0 aromatic carbocycles. The molecular formula is C8H20N2S. The molecule has 0 fully saturated rings. The minimum absolute atomic E-state index is 0.530. The van der Waals surface area contributed by atoms with E-state index >= 15 is 0 Å². The zero-order valence-corrected chi connectivity index (χ0v) is 8.41. The van der Waals surface area contributed by atoms with Crippen LogP contribution in [0.4, 0.5) is 0 Å². The number of rotatable bonds is 7. The Kier molecular flexibility index (Phi) is 8.57. The van der Waals surface area contributed by atoms with E-state index < -0.39 is 0 Å². The molecule has 0 bridgehead atoms. The molecule has 0 aliphatic carbocycles. The van der Waals surface area contributed by atoms with Gasteiger partial charge < -0.3 is 0 Å². The Labute approximate surface area is 74.3 Å². The molecule has 0 saturated heterocycles. The fourth-order valence-electron chi connectivity index (χ4n) is 1.02. The molecule has 0 amide bonds. The topological polar surface area (TPSA) is 38.0 Å². The molecule has 0 heterocycles. The van der Waals surface area contributed by atoms with E-state index in [0.29, 0.717) is 6.04 Å². The predicted molar refractivity (Wildman–Crippen MR) is 53.6 cm³/mol. The fraction of sp³-hybridized carbons (Fsp3) is 1.00. The van der Waals surface area contributed by atoms with E-state index in [9.17, 15) is 0 Å². The van der Waals surface area contributed by atoms with Gasteiger partial charge in [0, 0.05) is 6.04 Å². The average Bonchev–Trinajstić information content (AvgIpc) is 2.05. The summed E-state index contributed by atoms with van der Waals surface area (Å²) in [5, 5.41) is 0. The van der Waals surface area contributed by atoms with Crippen molar-refractivity contribution < 1.29 is 0 Å². The van der Waals surface area contributed by atoms with Crippen LogP contribution in [0.1, 0.15) is 32.6 Å². The Bertz CT molecular complexity index is 70.5. The van der Waals surface area contributed by atoms with E-state index in [1.54, 1.807) is 0 Å². The highest BCUT2D eigenvalue weighted by Crippen LogP contribution is 2.06. The normalized spacial score (nSPS) is 13.4. The first-order valence-corrected chi connectivity index (χ1v) is 5.69. The van der Waals surface area contributed by atoms with Gasteiger partial charge in [-0.05, 0) is 24.9 Å². The van der Waals surface area contributed by atoms with Gasteiger partial charge in [0.2, 0.25) is 0 Å². The smallest absolute Gasteiger partial charge is 0.0218 e. The van der Waals surface area contributed by atoms with Gasteiger partial charge in [-0.1, -0.05) is 19.8 Å². The number of hydrogen-bond donors (Lipinski definition) is 2. The van der Waals surface area contributed by atoms with Crippen molar-refractivity contribution in [2.24, 2.45) is 5.84 Å². The van der Waals surface area contributed by atoms with Gasteiger partial charge in [-0.3, -0.25) is 11.3 Å². The van der Waals surface area contributed by atoms with Crippen LogP contribution in [-0.2, 0) is 0 Å². The average molecular weight is 176 g/mol. The van der Waals surface area contributed by atoms with E-state index in [2.05, 4.69) is 18.6 Å². The van der Waals surface area contributed by atoms with Crippen LogP contribution in [0.2, 0.25) is 0 Å². The van der Waals surface area contributed by atoms with Crippen molar-refractivity contribution in [2.75, 3.05) is 12.0 Å². The molecule has 3 heteroatoms. The quantitative estimate of drug-likeness (QED) is 0.458. The minimum atomic E-state index is 0.530. The van der Waals surface area contributed by atoms with Crippen molar-refractivity contribution in [3.8, 4) is 0 Å². The highest BCUT2D eigenvalue weighted by molar-refractivity contribution is 7.98. The number of nitrogens with two attached hydrogens (primary N) is 1. The third-order valence-corrected chi connectivity index (χ3v) is 2.46. The van der Waals surface area contributed by atoms with Gasteiger partial charge in [0.05, 0.1) is 0 Å². The Balaban J connectivity index is 3.25. The first-order chi connectivity index (χ1) is 5.35. The largest absolute Gasteiger partial charge is 0.271 e. The van der Waals surface area contributed by atoms with Gasteiger partial charge in [-0.15, -0.1) is 0 Å². The van der Waals surface area contributed by atoms with Crippen LogP contribution in [0.15, 0.2) is 0 Å². The molecule has 1 atom stereocenters. The van der Waals surface area contributed by atoms with Gasteiger partial charge in [-0.2, -0.15) is 11.8 Å². The van der Waals surface area contributed by atoms with Crippen LogP contribution in [0.3, 0.4) is 0 Å². The van der Waals surface area contributed by atoms with E-state index in [0.717, 1.165) is 0 Å². The maximum Gasteiger partial charge on any atom is 0.0218 e. The van der Waals surface area contributed by atoms with Crippen molar-refractivity contribution in [3.05, 3.63) is 0 Å². The number of nitrogens with one attached hydrogen (secondary N) is 1. The zero-order chi connectivity index (χ0) is 8.53. The second-order valence-corrected chi connectivity index (χ2v) is 3.77. The molecule has 0 aliphatic rings. The summed E-state index contributed by atoms with van der Waals surface area (Å²) < 4.78 is 0. The highest BCUT2D eigenvalue weighted by atomic mass is 32.2. The van der Waals surface area contributed by atoms with Crippen LogP contribution in [0.25, 0.3) is 0 Å². The van der Waals surface area contributed by atoms with Crippen LogP contribution in [0, 0.1) is 0 Å². The van der Waals surface area contributed by atoms with Crippen LogP contribution >= 0.6 is 11.8 Å². The molecule has 0 aromatic heterocycles. The van der Waals surface area contributed by atoms with Crippen molar-refractivity contribution in [2.45, 2.75) is 38.6 Å². The number of hydrogen-bond acceptors (Lipinski definition) is 3. The zero-order valence-electron chi connectivity index (χ0n) is 7.60. The molecule has 3 N–H and O–H groups in total. The lowest BCUT2D eigenvalue weighted by Crippen LogP contribution is -2.35.